The minimum atomic E-state index is -0.927. The molecule has 0 radical (unpaired) electrons. The van der Waals surface area contributed by atoms with Crippen LogP contribution in [0.25, 0.3) is 0 Å². The lowest BCUT2D eigenvalue weighted by Gasteiger charge is -2.32. The van der Waals surface area contributed by atoms with Crippen LogP contribution < -0.4 is 10.1 Å². The number of fused-ring (bicyclic) bond motifs is 1. The normalized spacial score (nSPS) is 20.6. The van der Waals surface area contributed by atoms with E-state index in [1.54, 1.807) is 18.5 Å². The summed E-state index contributed by atoms with van der Waals surface area (Å²) in [4.78, 5) is 31.9. The molecule has 3 amide bonds. The van der Waals surface area contributed by atoms with Gasteiger partial charge >= 0.3 is 12.0 Å². The van der Waals surface area contributed by atoms with Crippen molar-refractivity contribution in [2.75, 3.05) is 33.8 Å². The number of β-amino-alcohol motifs (C(OH)–C–C–N with tert-alkyl or cyclic N) is 1. The second-order valence-corrected chi connectivity index (χ2v) is 7.78. The maximum atomic E-state index is 12.8. The zero-order valence-corrected chi connectivity index (χ0v) is 18.3. The number of aliphatic imine (C=N–C) groups is 1. The average molecular weight is 433 g/mol. The van der Waals surface area contributed by atoms with Crippen LogP contribution in [0.4, 0.5) is 4.79 Å². The predicted octanol–water partition coefficient (Wildman–Crippen LogP) is -0.368. The number of likely N-dealkylation sites (N-methyl/N-ethyl adjacent to an activating group) is 2. The highest BCUT2D eigenvalue weighted by Crippen LogP contribution is 2.19. The van der Waals surface area contributed by atoms with Crippen LogP contribution in [0.2, 0.25) is 0 Å². The molecular weight excluding hydrogens is 402 g/mol. The molecule has 0 aromatic heterocycles. The lowest BCUT2D eigenvalue weighted by Crippen LogP contribution is -2.62. The quantitative estimate of drug-likeness (QED) is 0.483. The largest absolute Gasteiger partial charge is 0.491 e. The Bertz CT molecular complexity index is 913. The number of benzene rings is 1. The third kappa shape index (κ3) is 4.86. The van der Waals surface area contributed by atoms with Crippen molar-refractivity contribution in [2.24, 2.45) is 4.99 Å². The van der Waals surface area contributed by atoms with Crippen molar-refractivity contribution in [2.45, 2.75) is 38.5 Å². The van der Waals surface area contributed by atoms with Gasteiger partial charge in [-0.2, -0.15) is 0 Å². The number of aryl methyl sites for hydroxylation is 1. The van der Waals surface area contributed by atoms with Crippen LogP contribution in [-0.2, 0) is 11.2 Å². The van der Waals surface area contributed by atoms with E-state index in [1.807, 2.05) is 24.3 Å². The molecule has 1 aromatic rings. The molecule has 0 aliphatic carbocycles. The van der Waals surface area contributed by atoms with E-state index < -0.39 is 30.2 Å². The number of carbonyl (C=O) groups is 2. The molecular formula is C21H30N5O5+. The van der Waals surface area contributed by atoms with Gasteiger partial charge in [0.1, 0.15) is 18.5 Å². The summed E-state index contributed by atoms with van der Waals surface area (Å²) >= 11 is 0. The zero-order chi connectivity index (χ0) is 22.7. The van der Waals surface area contributed by atoms with Gasteiger partial charge in [-0.15, -0.1) is 0 Å². The molecule has 10 nitrogen and oxygen atoms in total. The van der Waals surface area contributed by atoms with Gasteiger partial charge in [0.05, 0.1) is 19.2 Å². The summed E-state index contributed by atoms with van der Waals surface area (Å²) in [5, 5.41) is 23.3. The number of amidine groups is 1. The van der Waals surface area contributed by atoms with Crippen molar-refractivity contribution in [3.8, 4) is 5.75 Å². The van der Waals surface area contributed by atoms with Crippen molar-refractivity contribution in [1.29, 1.82) is 0 Å². The highest BCUT2D eigenvalue weighted by Gasteiger charge is 2.51. The van der Waals surface area contributed by atoms with Crippen LogP contribution in [0.15, 0.2) is 29.3 Å². The Kier molecular flexibility index (Phi) is 6.91. The van der Waals surface area contributed by atoms with Gasteiger partial charge in [0.2, 0.25) is 11.9 Å². The van der Waals surface area contributed by atoms with Gasteiger partial charge in [-0.1, -0.05) is 24.0 Å². The number of aliphatic hydroxyl groups excluding tert-OH is 2. The summed E-state index contributed by atoms with van der Waals surface area (Å²) < 4.78 is 7.34. The number of carbonyl (C=O) groups excluding carboxylic acids is 2. The van der Waals surface area contributed by atoms with E-state index in [-0.39, 0.29) is 25.5 Å². The molecule has 0 spiro atoms. The Labute approximate surface area is 181 Å². The van der Waals surface area contributed by atoms with Gasteiger partial charge in [-0.25, -0.2) is 9.37 Å². The van der Waals surface area contributed by atoms with E-state index in [1.165, 1.54) is 11.9 Å². The van der Waals surface area contributed by atoms with Crippen LogP contribution in [-0.4, -0.2) is 100 Å². The summed E-state index contributed by atoms with van der Waals surface area (Å²) in [6.07, 6.45) is -0.692. The Morgan fingerprint density at radius 2 is 2.00 bits per heavy atom. The minimum Gasteiger partial charge on any atom is -0.491 e. The van der Waals surface area contributed by atoms with Crippen LogP contribution in [0, 0.1) is 0 Å². The summed E-state index contributed by atoms with van der Waals surface area (Å²) in [5.41, 5.74) is 1.13. The van der Waals surface area contributed by atoms with Crippen molar-refractivity contribution in [3.63, 3.8) is 0 Å². The number of amides is 3. The number of guanidine groups is 1. The van der Waals surface area contributed by atoms with E-state index in [2.05, 4.69) is 17.2 Å². The number of aliphatic hydroxyl groups is 2. The number of nitrogens with zero attached hydrogens (tertiary/aromatic N) is 4. The first kappa shape index (κ1) is 22.7. The number of hydrogen-bond donors (Lipinski definition) is 3. The van der Waals surface area contributed by atoms with E-state index >= 15 is 0 Å². The summed E-state index contributed by atoms with van der Waals surface area (Å²) in [5.74, 6) is 0.827. The minimum absolute atomic E-state index is 0.0220. The second-order valence-electron chi connectivity index (χ2n) is 7.78. The number of hydrogen-bond acceptors (Lipinski definition) is 7. The summed E-state index contributed by atoms with van der Waals surface area (Å²) in [6, 6.07) is 6.33. The number of imide groups is 1. The molecule has 1 aromatic carbocycles. The first-order valence-corrected chi connectivity index (χ1v) is 10.3. The summed E-state index contributed by atoms with van der Waals surface area (Å²) in [6.45, 7) is 3.95. The van der Waals surface area contributed by atoms with Crippen molar-refractivity contribution < 1.29 is 29.1 Å². The molecule has 1 fully saturated rings. The fourth-order valence-corrected chi connectivity index (χ4v) is 3.50. The van der Waals surface area contributed by atoms with Gasteiger partial charge in [0.25, 0.3) is 5.91 Å². The molecule has 10 heteroatoms. The van der Waals surface area contributed by atoms with Crippen LogP contribution in [0.1, 0.15) is 19.4 Å². The van der Waals surface area contributed by atoms with E-state index in [0.717, 1.165) is 16.9 Å². The van der Waals surface area contributed by atoms with Crippen LogP contribution >= 0.6 is 0 Å². The zero-order valence-electron chi connectivity index (χ0n) is 18.3. The van der Waals surface area contributed by atoms with Crippen molar-refractivity contribution in [3.05, 3.63) is 29.8 Å². The van der Waals surface area contributed by atoms with E-state index in [0.29, 0.717) is 11.7 Å². The molecule has 168 valence electrons. The molecule has 0 bridgehead atoms. The van der Waals surface area contributed by atoms with Gasteiger partial charge in [0.15, 0.2) is 0 Å². The first-order chi connectivity index (χ1) is 14.7. The molecule has 3 rings (SSSR count). The molecule has 31 heavy (non-hydrogen) atoms. The van der Waals surface area contributed by atoms with E-state index in [4.69, 9.17) is 4.74 Å². The van der Waals surface area contributed by atoms with Crippen LogP contribution in [0.5, 0.6) is 5.75 Å². The lowest BCUT2D eigenvalue weighted by molar-refractivity contribution is -0.545. The second kappa shape index (κ2) is 9.44. The SMILES string of the molecule is CCc1cccc(OCC(O)C[N+]2=C(NCC(C)O)N=C3C2C(=O)N(C)C(=O)N3C)c1. The van der Waals surface area contributed by atoms with Gasteiger partial charge in [-0.05, 0) is 31.0 Å². The molecule has 0 saturated carbocycles. The molecule has 3 atom stereocenters. The Morgan fingerprint density at radius 3 is 2.68 bits per heavy atom. The number of urea groups is 1. The van der Waals surface area contributed by atoms with Gasteiger partial charge in [-0.3, -0.25) is 19.9 Å². The highest BCUT2D eigenvalue weighted by molar-refractivity contribution is 6.22. The standard InChI is InChI=1S/C21H29N5O5/c1-5-14-7-6-8-16(9-14)31-12-15(28)11-26-17-18(23-20(26)22-10-13(2)27)24(3)21(30)25(4)19(17)29/h6-9,13,15,17,27-28H,5,10-12H2,1-4H3/p+1. The molecule has 1 saturated heterocycles. The van der Waals surface area contributed by atoms with E-state index in [9.17, 15) is 19.8 Å². The Balaban J connectivity index is 1.77. The lowest BCUT2D eigenvalue weighted by atomic mass is 10.1. The smallest absolute Gasteiger partial charge is 0.390 e. The highest BCUT2D eigenvalue weighted by atomic mass is 16.5. The Morgan fingerprint density at radius 1 is 1.26 bits per heavy atom. The topological polar surface area (TPSA) is 118 Å². The number of nitrogens with one attached hydrogen (secondary N) is 1. The fraction of sp³-hybridized carbons (Fsp3) is 0.524. The van der Waals surface area contributed by atoms with Gasteiger partial charge in [0, 0.05) is 14.1 Å². The number of ether oxygens (including phenoxy) is 1. The molecule has 2 aliphatic rings. The third-order valence-electron chi connectivity index (χ3n) is 5.24. The monoisotopic (exact) mass is 432 g/mol. The molecule has 3 unspecified atom stereocenters. The van der Waals surface area contributed by atoms with Crippen molar-refractivity contribution in [1.82, 2.24) is 15.1 Å². The molecule has 3 N–H and O–H groups in total. The maximum absolute atomic E-state index is 12.8. The van der Waals surface area contributed by atoms with Gasteiger partial charge < -0.3 is 14.9 Å². The maximum Gasteiger partial charge on any atom is 0.390 e. The van der Waals surface area contributed by atoms with Crippen molar-refractivity contribution >= 4 is 23.7 Å². The molecule has 2 aliphatic heterocycles. The molecule has 2 heterocycles. The Hall–Kier alpha value is -2.98. The third-order valence-corrected chi connectivity index (χ3v) is 5.24. The fourth-order valence-electron chi connectivity index (χ4n) is 3.50. The first-order valence-electron chi connectivity index (χ1n) is 10.3. The number of rotatable bonds is 8. The summed E-state index contributed by atoms with van der Waals surface area (Å²) in [7, 11) is 2.96. The average Bonchev–Trinajstić information content (AvgIpc) is 3.11. The van der Waals surface area contributed by atoms with Crippen LogP contribution in [0.3, 0.4) is 0 Å². The predicted molar refractivity (Wildman–Crippen MR) is 114 cm³/mol.